The number of thiocarbonyl (C=S) groups is 1. The lowest BCUT2D eigenvalue weighted by Gasteiger charge is -2.15. The van der Waals surface area contributed by atoms with Crippen LogP contribution < -0.4 is 10.2 Å². The Morgan fingerprint density at radius 3 is 1.85 bits per heavy atom. The van der Waals surface area contributed by atoms with E-state index in [9.17, 15) is 0 Å². The minimum absolute atomic E-state index is 0.807. The Hall–Kier alpha value is -2.91. The lowest BCUT2D eigenvalue weighted by Crippen LogP contribution is -2.08. The van der Waals surface area contributed by atoms with Crippen molar-refractivity contribution in [2.24, 2.45) is 0 Å². The van der Waals surface area contributed by atoms with E-state index in [1.807, 2.05) is 68.7 Å². The summed E-state index contributed by atoms with van der Waals surface area (Å²) in [6, 6.07) is 28.7. The van der Waals surface area contributed by atoms with E-state index in [1.165, 1.54) is 5.69 Å². The fourth-order valence-corrected chi connectivity index (χ4v) is 2.88. The zero-order valence-electron chi connectivity index (χ0n) is 15.0. The molecule has 0 aliphatic carbocycles. The van der Waals surface area contributed by atoms with Crippen LogP contribution in [-0.2, 0) is 0 Å². The quantitative estimate of drug-likeness (QED) is 0.349. The second-order valence-electron chi connectivity index (χ2n) is 6.22. The van der Waals surface area contributed by atoms with E-state index >= 15 is 0 Å². The molecule has 3 aromatic rings. The Balaban J connectivity index is 1.91. The van der Waals surface area contributed by atoms with Crippen LogP contribution in [0.3, 0.4) is 0 Å². The normalized spacial score (nSPS) is 11.1. The van der Waals surface area contributed by atoms with E-state index in [1.54, 1.807) is 0 Å². The molecule has 1 N–H and O–H groups in total. The van der Waals surface area contributed by atoms with Crippen molar-refractivity contribution >= 4 is 34.2 Å². The standard InChI is InChI=1S/C23H22N2S/c1-25(2)21-15-13-20(14-16-21)24-22(18-9-5-3-6-10-18)17-23(26)19-11-7-4-8-12-19/h3-17,24H,1-2H3/b22-17+. The summed E-state index contributed by atoms with van der Waals surface area (Å²) in [5.41, 5.74) is 5.32. The summed E-state index contributed by atoms with van der Waals surface area (Å²) >= 11 is 5.64. The number of rotatable bonds is 6. The zero-order chi connectivity index (χ0) is 18.4. The highest BCUT2D eigenvalue weighted by Gasteiger charge is 2.06. The number of hydrogen-bond acceptors (Lipinski definition) is 3. The predicted octanol–water partition coefficient (Wildman–Crippen LogP) is 5.62. The van der Waals surface area contributed by atoms with Crippen molar-refractivity contribution in [3.05, 3.63) is 102 Å². The van der Waals surface area contributed by atoms with Gasteiger partial charge in [0.15, 0.2) is 0 Å². The monoisotopic (exact) mass is 358 g/mol. The van der Waals surface area contributed by atoms with Crippen molar-refractivity contribution in [1.82, 2.24) is 0 Å². The van der Waals surface area contributed by atoms with E-state index in [2.05, 4.69) is 46.6 Å². The highest BCUT2D eigenvalue weighted by atomic mass is 32.1. The van der Waals surface area contributed by atoms with Gasteiger partial charge in [-0.05, 0) is 41.5 Å². The molecule has 0 heterocycles. The van der Waals surface area contributed by atoms with Crippen molar-refractivity contribution < 1.29 is 0 Å². The molecule has 0 fully saturated rings. The van der Waals surface area contributed by atoms with Crippen molar-refractivity contribution in [2.45, 2.75) is 0 Å². The van der Waals surface area contributed by atoms with Crippen molar-refractivity contribution in [3.63, 3.8) is 0 Å². The topological polar surface area (TPSA) is 15.3 Å². The molecule has 130 valence electrons. The first-order chi connectivity index (χ1) is 12.6. The molecule has 0 spiro atoms. The van der Waals surface area contributed by atoms with Gasteiger partial charge in [0.1, 0.15) is 0 Å². The van der Waals surface area contributed by atoms with Crippen LogP contribution in [0.25, 0.3) is 5.70 Å². The Labute approximate surface area is 160 Å². The molecular weight excluding hydrogens is 336 g/mol. The van der Waals surface area contributed by atoms with E-state index in [0.717, 1.165) is 27.4 Å². The second kappa shape index (κ2) is 8.45. The summed E-state index contributed by atoms with van der Waals surface area (Å²) in [4.78, 5) is 2.89. The van der Waals surface area contributed by atoms with Gasteiger partial charge in [-0.15, -0.1) is 0 Å². The third-order valence-corrected chi connectivity index (χ3v) is 4.43. The minimum atomic E-state index is 0.807. The molecule has 26 heavy (non-hydrogen) atoms. The van der Waals surface area contributed by atoms with Gasteiger partial charge in [-0.2, -0.15) is 0 Å². The smallest absolute Gasteiger partial charge is 0.0472 e. The summed E-state index contributed by atoms with van der Waals surface area (Å²) in [6.07, 6.45) is 2.03. The molecule has 0 aliphatic rings. The van der Waals surface area contributed by atoms with Gasteiger partial charge in [0.25, 0.3) is 0 Å². The summed E-state index contributed by atoms with van der Waals surface area (Å²) in [6.45, 7) is 0. The molecule has 0 atom stereocenters. The van der Waals surface area contributed by atoms with Gasteiger partial charge in [-0.25, -0.2) is 0 Å². The summed E-state index contributed by atoms with van der Waals surface area (Å²) in [7, 11) is 4.08. The van der Waals surface area contributed by atoms with E-state index in [-0.39, 0.29) is 0 Å². The van der Waals surface area contributed by atoms with Gasteiger partial charge in [0, 0.05) is 36.0 Å². The van der Waals surface area contributed by atoms with Crippen LogP contribution in [0.1, 0.15) is 11.1 Å². The highest BCUT2D eigenvalue weighted by Crippen LogP contribution is 2.22. The van der Waals surface area contributed by atoms with Crippen LogP contribution in [0, 0.1) is 0 Å². The first-order valence-electron chi connectivity index (χ1n) is 8.54. The molecule has 3 heteroatoms. The largest absolute Gasteiger partial charge is 0.378 e. The number of benzene rings is 3. The van der Waals surface area contributed by atoms with E-state index in [4.69, 9.17) is 12.2 Å². The predicted molar refractivity (Wildman–Crippen MR) is 117 cm³/mol. The maximum Gasteiger partial charge on any atom is 0.0472 e. The number of hydrogen-bond donors (Lipinski definition) is 1. The molecule has 0 saturated carbocycles. The number of nitrogens with zero attached hydrogens (tertiary/aromatic N) is 1. The lowest BCUT2D eigenvalue weighted by atomic mass is 10.1. The fraction of sp³-hybridized carbons (Fsp3) is 0.0870. The Kier molecular flexibility index (Phi) is 5.82. The average Bonchev–Trinajstić information content (AvgIpc) is 2.69. The maximum absolute atomic E-state index is 5.64. The SMILES string of the molecule is CN(C)c1ccc(N/C(=C/C(=S)c2ccccc2)c2ccccc2)cc1. The van der Waals surface area contributed by atoms with E-state index < -0.39 is 0 Å². The molecule has 0 unspecified atom stereocenters. The first kappa shape index (κ1) is 17.9. The molecule has 2 nitrogen and oxygen atoms in total. The third-order valence-electron chi connectivity index (χ3n) is 4.08. The third kappa shape index (κ3) is 4.58. The number of allylic oxidation sites excluding steroid dienone is 1. The summed E-state index contributed by atoms with van der Waals surface area (Å²) in [5, 5.41) is 3.52. The molecular formula is C23H22N2S. The van der Waals surface area contributed by atoms with Gasteiger partial charge in [0.05, 0.1) is 0 Å². The summed E-state index contributed by atoms with van der Waals surface area (Å²) in [5.74, 6) is 0. The van der Waals surface area contributed by atoms with Crippen LogP contribution in [0.15, 0.2) is 91.0 Å². The summed E-state index contributed by atoms with van der Waals surface area (Å²) < 4.78 is 0. The lowest BCUT2D eigenvalue weighted by molar-refractivity contribution is 1.13. The molecule has 0 aliphatic heterocycles. The molecule has 0 amide bonds. The Morgan fingerprint density at radius 2 is 1.31 bits per heavy atom. The molecule has 0 aromatic heterocycles. The molecule has 0 radical (unpaired) electrons. The van der Waals surface area contributed by atoms with Crippen LogP contribution in [0.2, 0.25) is 0 Å². The second-order valence-corrected chi connectivity index (χ2v) is 6.66. The van der Waals surface area contributed by atoms with Gasteiger partial charge in [-0.1, -0.05) is 72.9 Å². The number of nitrogens with one attached hydrogen (secondary N) is 1. The molecule has 0 saturated heterocycles. The van der Waals surface area contributed by atoms with E-state index in [0.29, 0.717) is 0 Å². The fourth-order valence-electron chi connectivity index (χ4n) is 2.62. The van der Waals surface area contributed by atoms with Gasteiger partial charge in [0.2, 0.25) is 0 Å². The first-order valence-corrected chi connectivity index (χ1v) is 8.95. The molecule has 3 aromatic carbocycles. The highest BCUT2D eigenvalue weighted by molar-refractivity contribution is 7.81. The number of anilines is 2. The zero-order valence-corrected chi connectivity index (χ0v) is 15.8. The van der Waals surface area contributed by atoms with Crippen LogP contribution >= 0.6 is 12.2 Å². The average molecular weight is 359 g/mol. The van der Waals surface area contributed by atoms with Crippen molar-refractivity contribution in [1.29, 1.82) is 0 Å². The van der Waals surface area contributed by atoms with Crippen LogP contribution in [0.5, 0.6) is 0 Å². The van der Waals surface area contributed by atoms with Gasteiger partial charge in [-0.3, -0.25) is 0 Å². The van der Waals surface area contributed by atoms with Crippen molar-refractivity contribution in [3.8, 4) is 0 Å². The Bertz CT molecular complexity index is 883. The molecule has 0 bridgehead atoms. The van der Waals surface area contributed by atoms with Gasteiger partial charge < -0.3 is 10.2 Å². The Morgan fingerprint density at radius 1 is 0.769 bits per heavy atom. The van der Waals surface area contributed by atoms with Crippen LogP contribution in [0.4, 0.5) is 11.4 Å². The molecule has 3 rings (SSSR count). The minimum Gasteiger partial charge on any atom is -0.378 e. The van der Waals surface area contributed by atoms with Gasteiger partial charge >= 0.3 is 0 Å². The van der Waals surface area contributed by atoms with Crippen LogP contribution in [-0.4, -0.2) is 19.0 Å². The maximum atomic E-state index is 5.64. The van der Waals surface area contributed by atoms with Crippen molar-refractivity contribution in [2.75, 3.05) is 24.3 Å².